The zero-order chi connectivity index (χ0) is 16.7. The van der Waals surface area contributed by atoms with Gasteiger partial charge in [-0.05, 0) is 48.4 Å². The van der Waals surface area contributed by atoms with Gasteiger partial charge in [0.05, 0.1) is 0 Å². The van der Waals surface area contributed by atoms with Crippen LogP contribution in [-0.4, -0.2) is 23.5 Å². The van der Waals surface area contributed by atoms with E-state index < -0.39 is 11.8 Å². The summed E-state index contributed by atoms with van der Waals surface area (Å²) >= 11 is 0. The van der Waals surface area contributed by atoms with E-state index in [-0.39, 0.29) is 11.4 Å². The first-order chi connectivity index (χ1) is 11.1. The van der Waals surface area contributed by atoms with Gasteiger partial charge in [0, 0.05) is 5.56 Å². The van der Waals surface area contributed by atoms with Gasteiger partial charge in [0.25, 0.3) is 5.78 Å². The van der Waals surface area contributed by atoms with Crippen molar-refractivity contribution in [1.82, 2.24) is 0 Å². The summed E-state index contributed by atoms with van der Waals surface area (Å²) in [5.74, 6) is -2.15. The lowest BCUT2D eigenvalue weighted by molar-refractivity contribution is -0.131. The Morgan fingerprint density at radius 2 is 1.65 bits per heavy atom. The molecule has 0 aliphatic rings. The predicted octanol–water partition coefficient (Wildman–Crippen LogP) is 3.27. The van der Waals surface area contributed by atoms with Crippen molar-refractivity contribution < 1.29 is 23.8 Å². The van der Waals surface area contributed by atoms with Crippen LogP contribution in [0.3, 0.4) is 0 Å². The van der Waals surface area contributed by atoms with Crippen LogP contribution < -0.4 is 4.74 Å². The lowest BCUT2D eigenvalue weighted by Gasteiger charge is -2.03. The molecule has 0 aliphatic heterocycles. The van der Waals surface area contributed by atoms with Crippen molar-refractivity contribution in [2.75, 3.05) is 6.61 Å². The van der Waals surface area contributed by atoms with Crippen molar-refractivity contribution in [3.05, 3.63) is 77.6 Å². The van der Waals surface area contributed by atoms with Crippen molar-refractivity contribution in [1.29, 1.82) is 0 Å². The summed E-state index contributed by atoms with van der Waals surface area (Å²) in [6.07, 6.45) is 4.42. The van der Waals surface area contributed by atoms with Gasteiger partial charge in [-0.1, -0.05) is 24.3 Å². The van der Waals surface area contributed by atoms with E-state index in [2.05, 4.69) is 0 Å². The highest BCUT2D eigenvalue weighted by Crippen LogP contribution is 2.13. The summed E-state index contributed by atoms with van der Waals surface area (Å²) in [5.41, 5.74) is 1.11. The Hall–Kier alpha value is -2.95. The molecule has 23 heavy (non-hydrogen) atoms. The number of rotatable bonds is 7. The van der Waals surface area contributed by atoms with Gasteiger partial charge in [-0.25, -0.2) is 9.18 Å². The van der Waals surface area contributed by atoms with Crippen LogP contribution in [0.2, 0.25) is 0 Å². The van der Waals surface area contributed by atoms with E-state index in [4.69, 9.17) is 9.84 Å². The van der Waals surface area contributed by atoms with Gasteiger partial charge in [-0.15, -0.1) is 0 Å². The molecule has 0 saturated carbocycles. The summed E-state index contributed by atoms with van der Waals surface area (Å²) < 4.78 is 18.2. The van der Waals surface area contributed by atoms with Gasteiger partial charge in [0.2, 0.25) is 0 Å². The Bertz CT molecular complexity index is 703. The van der Waals surface area contributed by atoms with Gasteiger partial charge in [0.15, 0.2) is 0 Å². The van der Waals surface area contributed by atoms with Crippen LogP contribution in [0.1, 0.15) is 15.9 Å². The Morgan fingerprint density at radius 1 is 1.00 bits per heavy atom. The van der Waals surface area contributed by atoms with Gasteiger partial charge in [-0.2, -0.15) is 0 Å². The fourth-order valence-electron chi connectivity index (χ4n) is 1.88. The first kappa shape index (κ1) is 16.4. The number of halogens is 1. The molecule has 0 bridgehead atoms. The molecule has 0 spiro atoms. The van der Waals surface area contributed by atoms with Crippen molar-refractivity contribution in [2.45, 2.75) is 6.42 Å². The molecule has 0 atom stereocenters. The maximum Gasteiger partial charge on any atom is 0.377 e. The number of carbonyl (C=O) groups excluding carboxylic acids is 1. The molecule has 2 rings (SSSR count). The smallest absolute Gasteiger partial charge is 0.377 e. The minimum Gasteiger partial charge on any atom is -0.490 e. The molecule has 2 aromatic rings. The number of ether oxygens (including phenoxy) is 1. The third-order valence-corrected chi connectivity index (χ3v) is 3.09. The second-order valence-electron chi connectivity index (χ2n) is 4.77. The molecule has 0 fully saturated rings. The minimum absolute atomic E-state index is 0.108. The quantitative estimate of drug-likeness (QED) is 0.484. The number of hydrogen-bond donors (Lipinski definition) is 1. The summed E-state index contributed by atoms with van der Waals surface area (Å²) in [5, 5.41) is 8.60. The topological polar surface area (TPSA) is 63.6 Å². The number of benzene rings is 2. The van der Waals surface area contributed by atoms with Crippen LogP contribution in [0.15, 0.2) is 60.7 Å². The highest BCUT2D eigenvalue weighted by Gasteiger charge is 2.13. The molecule has 0 aliphatic carbocycles. The molecule has 1 N–H and O–H groups in total. The SMILES string of the molecule is O=C(O)C(=O)c1ccc(OC/C=C/Cc2ccc(F)cc2)cc1. The number of carbonyl (C=O) groups is 2. The van der Waals surface area contributed by atoms with E-state index in [1.807, 2.05) is 12.2 Å². The van der Waals surface area contributed by atoms with Crippen LogP contribution in [0.25, 0.3) is 0 Å². The van der Waals surface area contributed by atoms with E-state index in [1.165, 1.54) is 24.3 Å². The highest BCUT2D eigenvalue weighted by molar-refractivity contribution is 6.39. The maximum absolute atomic E-state index is 12.7. The number of ketones is 1. The molecule has 0 saturated heterocycles. The van der Waals surface area contributed by atoms with E-state index in [9.17, 15) is 14.0 Å². The highest BCUT2D eigenvalue weighted by atomic mass is 19.1. The van der Waals surface area contributed by atoms with Gasteiger partial charge < -0.3 is 9.84 Å². The maximum atomic E-state index is 12.7. The number of Topliss-reactive ketones (excluding diaryl/α,β-unsaturated/α-hetero) is 1. The number of carboxylic acids is 1. The fraction of sp³-hybridized carbons (Fsp3) is 0.111. The van der Waals surface area contributed by atoms with E-state index in [1.54, 1.807) is 24.3 Å². The molecular weight excluding hydrogens is 299 g/mol. The molecule has 0 radical (unpaired) electrons. The van der Waals surface area contributed by atoms with Gasteiger partial charge in [-0.3, -0.25) is 4.79 Å². The second kappa shape index (κ2) is 7.89. The largest absolute Gasteiger partial charge is 0.490 e. The summed E-state index contributed by atoms with van der Waals surface area (Å²) in [6, 6.07) is 12.2. The molecule has 0 aromatic heterocycles. The second-order valence-corrected chi connectivity index (χ2v) is 4.77. The van der Waals surface area contributed by atoms with Crippen molar-refractivity contribution >= 4 is 11.8 Å². The van der Waals surface area contributed by atoms with E-state index >= 15 is 0 Å². The van der Waals surface area contributed by atoms with Crippen molar-refractivity contribution in [2.24, 2.45) is 0 Å². The average molecular weight is 314 g/mol. The summed E-state index contributed by atoms with van der Waals surface area (Å²) in [4.78, 5) is 21.8. The molecule has 5 heteroatoms. The summed E-state index contributed by atoms with van der Waals surface area (Å²) in [7, 11) is 0. The predicted molar refractivity (Wildman–Crippen MR) is 83.1 cm³/mol. The first-order valence-electron chi connectivity index (χ1n) is 6.96. The number of aliphatic carboxylic acids is 1. The van der Waals surface area contributed by atoms with Crippen molar-refractivity contribution in [3.8, 4) is 5.75 Å². The molecular formula is C18H15FO4. The average Bonchev–Trinajstić information content (AvgIpc) is 2.56. The minimum atomic E-state index is -1.48. The van der Waals surface area contributed by atoms with Crippen LogP contribution in [-0.2, 0) is 11.2 Å². The first-order valence-corrected chi connectivity index (χ1v) is 6.96. The zero-order valence-electron chi connectivity index (χ0n) is 12.2. The van der Waals surface area contributed by atoms with Crippen LogP contribution in [0.5, 0.6) is 5.75 Å². The number of hydrogen-bond acceptors (Lipinski definition) is 3. The number of allylic oxidation sites excluding steroid dienone is 1. The lowest BCUT2D eigenvalue weighted by atomic mass is 10.1. The van der Waals surface area contributed by atoms with Crippen LogP contribution in [0.4, 0.5) is 4.39 Å². The zero-order valence-corrected chi connectivity index (χ0v) is 12.2. The van der Waals surface area contributed by atoms with Crippen LogP contribution >= 0.6 is 0 Å². The Kier molecular flexibility index (Phi) is 5.63. The van der Waals surface area contributed by atoms with E-state index in [0.29, 0.717) is 18.8 Å². The van der Waals surface area contributed by atoms with Gasteiger partial charge >= 0.3 is 5.97 Å². The third kappa shape index (κ3) is 5.07. The monoisotopic (exact) mass is 314 g/mol. The molecule has 0 unspecified atom stereocenters. The lowest BCUT2D eigenvalue weighted by Crippen LogP contribution is -2.12. The van der Waals surface area contributed by atoms with Crippen LogP contribution in [0, 0.1) is 5.82 Å². The molecule has 118 valence electrons. The normalized spacial score (nSPS) is 10.7. The molecule has 4 nitrogen and oxygen atoms in total. The summed E-state index contributed by atoms with van der Waals surface area (Å²) in [6.45, 7) is 0.341. The Morgan fingerprint density at radius 3 is 2.26 bits per heavy atom. The third-order valence-electron chi connectivity index (χ3n) is 3.09. The van der Waals surface area contributed by atoms with Gasteiger partial charge in [0.1, 0.15) is 18.2 Å². The fourth-order valence-corrected chi connectivity index (χ4v) is 1.88. The Labute approximate surface area is 132 Å². The Balaban J connectivity index is 1.79. The number of carboxylic acid groups (broad SMARTS) is 1. The standard InChI is InChI=1S/C18H15FO4/c19-15-8-4-13(5-9-15)3-1-2-12-23-16-10-6-14(7-11-16)17(20)18(21)22/h1-2,4-11H,3,12H2,(H,21,22)/b2-1+. The molecule has 2 aromatic carbocycles. The molecule has 0 heterocycles. The van der Waals surface area contributed by atoms with Crippen molar-refractivity contribution in [3.63, 3.8) is 0 Å². The van der Waals surface area contributed by atoms with E-state index in [0.717, 1.165) is 5.56 Å². The molecule has 0 amide bonds.